The van der Waals surface area contributed by atoms with Crippen molar-refractivity contribution in [2.24, 2.45) is 0 Å². The summed E-state index contributed by atoms with van der Waals surface area (Å²) in [6.07, 6.45) is 2.58. The van der Waals surface area contributed by atoms with Crippen LogP contribution < -0.4 is 5.32 Å². The molecule has 1 fully saturated rings. The van der Waals surface area contributed by atoms with Gasteiger partial charge in [-0.3, -0.25) is 9.48 Å². The molecule has 0 aromatic carbocycles. The van der Waals surface area contributed by atoms with Crippen LogP contribution in [0, 0.1) is 6.92 Å². The van der Waals surface area contributed by atoms with E-state index in [0.717, 1.165) is 48.3 Å². The van der Waals surface area contributed by atoms with Crippen LogP contribution >= 0.6 is 15.9 Å². The topological polar surface area (TPSA) is 56.2 Å². The smallest absolute Gasteiger partial charge is 0.164 e. The Hall–Kier alpha value is -0.720. The molecule has 0 spiro atoms. The second-order valence-electron chi connectivity index (χ2n) is 5.14. The van der Waals surface area contributed by atoms with E-state index in [2.05, 4.69) is 26.3 Å². The number of carbonyl (C=O) groups is 1. The van der Waals surface area contributed by atoms with E-state index >= 15 is 0 Å². The van der Waals surface area contributed by atoms with E-state index < -0.39 is 0 Å². The lowest BCUT2D eigenvalue weighted by molar-refractivity contribution is -0.125. The average molecular weight is 344 g/mol. The lowest BCUT2D eigenvalue weighted by Gasteiger charge is -2.22. The molecule has 0 bridgehead atoms. The van der Waals surface area contributed by atoms with Gasteiger partial charge in [-0.2, -0.15) is 5.10 Å². The molecule has 5 nitrogen and oxygen atoms in total. The summed E-state index contributed by atoms with van der Waals surface area (Å²) in [6, 6.07) is 0. The molecule has 0 atom stereocenters. The summed E-state index contributed by atoms with van der Waals surface area (Å²) < 4.78 is 8.52. The first kappa shape index (κ1) is 15.7. The molecule has 2 heterocycles. The van der Waals surface area contributed by atoms with Gasteiger partial charge >= 0.3 is 0 Å². The second kappa shape index (κ2) is 7.33. The van der Waals surface area contributed by atoms with Gasteiger partial charge in [-0.15, -0.1) is 0 Å². The zero-order chi connectivity index (χ0) is 14.5. The van der Waals surface area contributed by atoms with Crippen LogP contribution in [-0.4, -0.2) is 41.4 Å². The molecule has 0 amide bonds. The normalized spacial score (nSPS) is 16.6. The summed E-state index contributed by atoms with van der Waals surface area (Å²) in [7, 11) is 0. The number of ketones is 1. The molecule has 1 aliphatic heterocycles. The zero-order valence-electron chi connectivity index (χ0n) is 12.1. The first-order valence-corrected chi connectivity index (χ1v) is 7.97. The summed E-state index contributed by atoms with van der Waals surface area (Å²) >= 11 is 3.51. The SMILES string of the molecule is CCn1nc(C)c(Br)c1CC(=O)COC1CCNCC1. The zero-order valence-corrected chi connectivity index (χ0v) is 13.7. The number of rotatable bonds is 6. The molecule has 2 rings (SSSR count). The van der Waals surface area contributed by atoms with E-state index in [1.807, 2.05) is 18.5 Å². The number of nitrogens with one attached hydrogen (secondary N) is 1. The molecule has 1 N–H and O–H groups in total. The molecular formula is C14H22BrN3O2. The highest BCUT2D eigenvalue weighted by molar-refractivity contribution is 9.10. The summed E-state index contributed by atoms with van der Waals surface area (Å²) in [6.45, 7) is 6.89. The molecule has 6 heteroatoms. The van der Waals surface area contributed by atoms with Crippen LogP contribution in [0.1, 0.15) is 31.2 Å². The number of hydrogen-bond donors (Lipinski definition) is 1. The third-order valence-corrected chi connectivity index (χ3v) is 4.62. The number of halogens is 1. The van der Waals surface area contributed by atoms with Crippen molar-refractivity contribution >= 4 is 21.7 Å². The Bertz CT molecular complexity index is 467. The van der Waals surface area contributed by atoms with Crippen molar-refractivity contribution in [1.29, 1.82) is 0 Å². The van der Waals surface area contributed by atoms with E-state index in [-0.39, 0.29) is 18.5 Å². The van der Waals surface area contributed by atoms with Gasteiger partial charge in [-0.05, 0) is 55.7 Å². The maximum atomic E-state index is 12.1. The van der Waals surface area contributed by atoms with E-state index in [9.17, 15) is 4.79 Å². The van der Waals surface area contributed by atoms with Crippen molar-refractivity contribution in [3.63, 3.8) is 0 Å². The van der Waals surface area contributed by atoms with Gasteiger partial charge in [-0.1, -0.05) is 0 Å². The van der Waals surface area contributed by atoms with E-state index in [0.29, 0.717) is 6.42 Å². The highest BCUT2D eigenvalue weighted by atomic mass is 79.9. The molecule has 112 valence electrons. The quantitative estimate of drug-likeness (QED) is 0.856. The molecule has 1 aromatic heterocycles. The van der Waals surface area contributed by atoms with Gasteiger partial charge in [0.25, 0.3) is 0 Å². The summed E-state index contributed by atoms with van der Waals surface area (Å²) in [5, 5.41) is 7.68. The molecule has 20 heavy (non-hydrogen) atoms. The molecule has 1 aliphatic rings. The molecular weight excluding hydrogens is 322 g/mol. The Morgan fingerprint density at radius 1 is 1.50 bits per heavy atom. The fourth-order valence-corrected chi connectivity index (χ4v) is 2.87. The highest BCUT2D eigenvalue weighted by Gasteiger charge is 2.18. The predicted molar refractivity (Wildman–Crippen MR) is 80.9 cm³/mol. The Kier molecular flexibility index (Phi) is 5.74. The lowest BCUT2D eigenvalue weighted by atomic mass is 10.1. The third kappa shape index (κ3) is 3.90. The Morgan fingerprint density at radius 2 is 2.20 bits per heavy atom. The maximum Gasteiger partial charge on any atom is 0.164 e. The van der Waals surface area contributed by atoms with Gasteiger partial charge in [0.15, 0.2) is 5.78 Å². The first-order chi connectivity index (χ1) is 9.61. The van der Waals surface area contributed by atoms with Crippen molar-refractivity contribution in [3.05, 3.63) is 15.9 Å². The van der Waals surface area contributed by atoms with E-state index in [4.69, 9.17) is 4.74 Å². The molecule has 1 saturated heterocycles. The number of hydrogen-bond acceptors (Lipinski definition) is 4. The lowest BCUT2D eigenvalue weighted by Crippen LogP contribution is -2.33. The number of aromatic nitrogens is 2. The molecule has 1 aromatic rings. The molecule has 0 unspecified atom stereocenters. The molecule has 0 saturated carbocycles. The maximum absolute atomic E-state index is 12.1. The summed E-state index contributed by atoms with van der Waals surface area (Å²) in [5.41, 5.74) is 1.87. The number of piperidine rings is 1. The van der Waals surface area contributed by atoms with Crippen LogP contribution in [0.25, 0.3) is 0 Å². The number of ether oxygens (including phenoxy) is 1. The van der Waals surface area contributed by atoms with Crippen molar-refractivity contribution < 1.29 is 9.53 Å². The van der Waals surface area contributed by atoms with Gasteiger partial charge < -0.3 is 10.1 Å². The van der Waals surface area contributed by atoms with Crippen molar-refractivity contribution in [2.75, 3.05) is 19.7 Å². The molecule has 0 radical (unpaired) electrons. The van der Waals surface area contributed by atoms with Crippen LogP contribution in [0.2, 0.25) is 0 Å². The van der Waals surface area contributed by atoms with Crippen molar-refractivity contribution in [1.82, 2.24) is 15.1 Å². The van der Waals surface area contributed by atoms with E-state index in [1.165, 1.54) is 0 Å². The average Bonchev–Trinajstić information content (AvgIpc) is 2.74. The minimum Gasteiger partial charge on any atom is -0.370 e. The predicted octanol–water partition coefficient (Wildman–Crippen LogP) is 1.85. The van der Waals surface area contributed by atoms with Crippen molar-refractivity contribution in [2.45, 2.75) is 45.8 Å². The summed E-state index contributed by atoms with van der Waals surface area (Å²) in [5.74, 6) is 0.110. The van der Waals surface area contributed by atoms with Gasteiger partial charge in [0.2, 0.25) is 0 Å². The van der Waals surface area contributed by atoms with E-state index in [1.54, 1.807) is 0 Å². The minimum atomic E-state index is 0.110. The number of carbonyl (C=O) groups excluding carboxylic acids is 1. The van der Waals surface area contributed by atoms with Gasteiger partial charge in [0, 0.05) is 6.54 Å². The van der Waals surface area contributed by atoms with Crippen LogP contribution in [0.5, 0.6) is 0 Å². The Labute approximate surface area is 128 Å². The summed E-state index contributed by atoms with van der Waals surface area (Å²) in [4.78, 5) is 12.1. The second-order valence-corrected chi connectivity index (χ2v) is 5.93. The number of aryl methyl sites for hydroxylation is 2. The van der Waals surface area contributed by atoms with Crippen LogP contribution in [0.3, 0.4) is 0 Å². The number of Topliss-reactive ketones (excluding diaryl/α,β-unsaturated/α-hetero) is 1. The van der Waals surface area contributed by atoms with Gasteiger partial charge in [0.05, 0.1) is 28.4 Å². The standard InChI is InChI=1S/C14H22BrN3O2/c1-3-18-13(14(15)10(2)17-18)8-11(19)9-20-12-4-6-16-7-5-12/h12,16H,3-9H2,1-2H3. The minimum absolute atomic E-state index is 0.110. The number of nitrogens with zero attached hydrogens (tertiary/aromatic N) is 2. The Morgan fingerprint density at radius 3 is 2.85 bits per heavy atom. The fourth-order valence-electron chi connectivity index (χ4n) is 2.45. The third-order valence-electron chi connectivity index (χ3n) is 3.58. The Balaban J connectivity index is 1.87. The van der Waals surface area contributed by atoms with Gasteiger partial charge in [-0.25, -0.2) is 0 Å². The highest BCUT2D eigenvalue weighted by Crippen LogP contribution is 2.21. The van der Waals surface area contributed by atoms with Crippen LogP contribution in [-0.2, 0) is 22.5 Å². The van der Waals surface area contributed by atoms with Crippen molar-refractivity contribution in [3.8, 4) is 0 Å². The van der Waals surface area contributed by atoms with Gasteiger partial charge in [0.1, 0.15) is 6.61 Å². The van der Waals surface area contributed by atoms with Crippen LogP contribution in [0.15, 0.2) is 4.47 Å². The first-order valence-electron chi connectivity index (χ1n) is 7.17. The molecule has 0 aliphatic carbocycles. The fraction of sp³-hybridized carbons (Fsp3) is 0.714. The largest absolute Gasteiger partial charge is 0.370 e. The van der Waals surface area contributed by atoms with Crippen LogP contribution in [0.4, 0.5) is 0 Å². The monoisotopic (exact) mass is 343 g/mol.